The van der Waals surface area contributed by atoms with Gasteiger partial charge in [0.2, 0.25) is 0 Å². The minimum absolute atomic E-state index is 1.18. The summed E-state index contributed by atoms with van der Waals surface area (Å²) in [5, 5.41) is 6.40. The first kappa shape index (κ1) is 16.9. The van der Waals surface area contributed by atoms with Crippen molar-refractivity contribution in [1.82, 2.24) is 9.13 Å². The molecule has 7 aromatic rings. The van der Waals surface area contributed by atoms with Crippen molar-refractivity contribution in [2.75, 3.05) is 0 Å². The summed E-state index contributed by atoms with van der Waals surface area (Å²) in [7, 11) is 0. The van der Waals surface area contributed by atoms with Crippen LogP contribution >= 0.6 is 11.3 Å². The maximum absolute atomic E-state index is 2.43. The SMILES string of the molecule is c1ccc(-n2ccc3cc4c5ccccc5n(-c5cc6ccccc6s5)c4cc32)cc1. The van der Waals surface area contributed by atoms with Crippen molar-refractivity contribution in [3.8, 4) is 10.7 Å². The summed E-state index contributed by atoms with van der Waals surface area (Å²) < 4.78 is 6.02. The molecule has 0 aliphatic rings. The van der Waals surface area contributed by atoms with E-state index in [0.717, 1.165) is 0 Å². The lowest BCUT2D eigenvalue weighted by Gasteiger charge is -2.07. The Balaban J connectivity index is 1.61. The van der Waals surface area contributed by atoms with Crippen molar-refractivity contribution in [1.29, 1.82) is 0 Å². The molecule has 0 aliphatic heterocycles. The minimum Gasteiger partial charge on any atom is -0.316 e. The van der Waals surface area contributed by atoms with Gasteiger partial charge in [0.15, 0.2) is 0 Å². The Labute approximate surface area is 183 Å². The van der Waals surface area contributed by atoms with Crippen LogP contribution in [0.15, 0.2) is 109 Å². The van der Waals surface area contributed by atoms with E-state index in [0.29, 0.717) is 0 Å². The van der Waals surface area contributed by atoms with Gasteiger partial charge in [0.05, 0.1) is 16.6 Å². The van der Waals surface area contributed by atoms with Crippen molar-refractivity contribution in [3.63, 3.8) is 0 Å². The first-order chi connectivity index (χ1) is 15.4. The monoisotopic (exact) mass is 414 g/mol. The first-order valence-electron chi connectivity index (χ1n) is 10.5. The summed E-state index contributed by atoms with van der Waals surface area (Å²) in [6.07, 6.45) is 2.17. The normalized spacial score (nSPS) is 11.9. The lowest BCUT2D eigenvalue weighted by Crippen LogP contribution is -1.93. The molecule has 0 amide bonds. The standard InChI is InChI=1S/C28H18N2S/c1-2-9-21(10-3-1)29-15-14-19-16-23-22-11-5-6-12-24(22)30(26(23)18-25(19)29)28-17-20-8-4-7-13-27(20)31-28/h1-18H. The predicted molar refractivity (Wildman–Crippen MR) is 133 cm³/mol. The van der Waals surface area contributed by atoms with Gasteiger partial charge in [-0.1, -0.05) is 54.6 Å². The highest BCUT2D eigenvalue weighted by Gasteiger charge is 2.16. The van der Waals surface area contributed by atoms with E-state index in [2.05, 4.69) is 118 Å². The number of benzene rings is 4. The Hall–Kier alpha value is -3.82. The molecule has 0 fully saturated rings. The van der Waals surface area contributed by atoms with E-state index in [4.69, 9.17) is 0 Å². The summed E-state index contributed by atoms with van der Waals surface area (Å²) in [5.74, 6) is 0. The Bertz CT molecular complexity index is 1700. The largest absolute Gasteiger partial charge is 0.316 e. The van der Waals surface area contributed by atoms with Crippen LogP contribution in [0.4, 0.5) is 0 Å². The van der Waals surface area contributed by atoms with Crippen LogP contribution in [-0.2, 0) is 0 Å². The van der Waals surface area contributed by atoms with Crippen molar-refractivity contribution < 1.29 is 0 Å². The highest BCUT2D eigenvalue weighted by molar-refractivity contribution is 7.21. The molecule has 3 heterocycles. The summed E-state index contributed by atoms with van der Waals surface area (Å²) in [5.41, 5.74) is 4.91. The van der Waals surface area contributed by atoms with E-state index < -0.39 is 0 Å². The maximum atomic E-state index is 2.43. The van der Waals surface area contributed by atoms with Crippen molar-refractivity contribution in [2.24, 2.45) is 0 Å². The highest BCUT2D eigenvalue weighted by Crippen LogP contribution is 2.38. The molecule has 3 heteroatoms. The average Bonchev–Trinajstić information content (AvgIpc) is 3.51. The zero-order valence-electron chi connectivity index (χ0n) is 16.7. The van der Waals surface area contributed by atoms with Crippen LogP contribution in [0.3, 0.4) is 0 Å². The van der Waals surface area contributed by atoms with E-state index >= 15 is 0 Å². The molecule has 4 aromatic carbocycles. The van der Waals surface area contributed by atoms with Crippen molar-refractivity contribution in [3.05, 3.63) is 109 Å². The van der Waals surface area contributed by atoms with Gasteiger partial charge in [-0.25, -0.2) is 0 Å². The lowest BCUT2D eigenvalue weighted by molar-refractivity contribution is 1.13. The molecule has 0 saturated carbocycles. The molecular weight excluding hydrogens is 396 g/mol. The summed E-state index contributed by atoms with van der Waals surface area (Å²) in [4.78, 5) is 0. The number of hydrogen-bond acceptors (Lipinski definition) is 1. The van der Waals surface area contributed by atoms with Gasteiger partial charge in [0.25, 0.3) is 0 Å². The molecule has 146 valence electrons. The fraction of sp³-hybridized carbons (Fsp3) is 0. The van der Waals surface area contributed by atoms with E-state index in [1.165, 1.54) is 53.5 Å². The first-order valence-corrected chi connectivity index (χ1v) is 11.3. The molecule has 0 spiro atoms. The molecule has 0 aliphatic carbocycles. The van der Waals surface area contributed by atoms with Gasteiger partial charge in [0, 0.05) is 32.7 Å². The van der Waals surface area contributed by atoms with E-state index in [9.17, 15) is 0 Å². The molecule has 0 unspecified atom stereocenters. The highest BCUT2D eigenvalue weighted by atomic mass is 32.1. The molecule has 3 aromatic heterocycles. The van der Waals surface area contributed by atoms with Crippen LogP contribution in [0.25, 0.3) is 53.5 Å². The molecule has 0 radical (unpaired) electrons. The second-order valence-electron chi connectivity index (χ2n) is 7.92. The van der Waals surface area contributed by atoms with Gasteiger partial charge < -0.3 is 9.13 Å². The molecule has 0 N–H and O–H groups in total. The number of hydrogen-bond donors (Lipinski definition) is 0. The number of aromatic nitrogens is 2. The van der Waals surface area contributed by atoms with Gasteiger partial charge in [-0.2, -0.15) is 0 Å². The Morgan fingerprint density at radius 2 is 1.35 bits per heavy atom. The number of thiophene rings is 1. The van der Waals surface area contributed by atoms with E-state index in [1.807, 2.05) is 11.3 Å². The lowest BCUT2D eigenvalue weighted by atomic mass is 10.1. The van der Waals surface area contributed by atoms with E-state index in [1.54, 1.807) is 0 Å². The quantitative estimate of drug-likeness (QED) is 0.272. The topological polar surface area (TPSA) is 9.86 Å². The Kier molecular flexibility index (Phi) is 3.46. The van der Waals surface area contributed by atoms with E-state index in [-0.39, 0.29) is 0 Å². The third kappa shape index (κ3) is 2.44. The summed E-state index contributed by atoms with van der Waals surface area (Å²) >= 11 is 1.85. The Morgan fingerprint density at radius 1 is 0.548 bits per heavy atom. The van der Waals surface area contributed by atoms with Crippen molar-refractivity contribution >= 4 is 54.1 Å². The van der Waals surface area contributed by atoms with Crippen LogP contribution in [-0.4, -0.2) is 9.13 Å². The predicted octanol–water partition coefficient (Wildman–Crippen LogP) is 7.94. The fourth-order valence-corrected chi connectivity index (χ4v) is 5.82. The number of rotatable bonds is 2. The fourth-order valence-electron chi connectivity index (χ4n) is 4.73. The second kappa shape index (κ2) is 6.34. The Morgan fingerprint density at radius 3 is 2.26 bits per heavy atom. The summed E-state index contributed by atoms with van der Waals surface area (Å²) in [6.45, 7) is 0. The molecule has 31 heavy (non-hydrogen) atoms. The van der Waals surface area contributed by atoms with Gasteiger partial charge >= 0.3 is 0 Å². The van der Waals surface area contributed by atoms with Crippen LogP contribution < -0.4 is 0 Å². The van der Waals surface area contributed by atoms with Crippen molar-refractivity contribution in [2.45, 2.75) is 0 Å². The zero-order valence-corrected chi connectivity index (χ0v) is 17.5. The molecule has 2 nitrogen and oxygen atoms in total. The molecule has 0 bridgehead atoms. The second-order valence-corrected chi connectivity index (χ2v) is 8.99. The summed E-state index contributed by atoms with van der Waals surface area (Å²) in [6, 6.07) is 37.1. The third-order valence-corrected chi connectivity index (χ3v) is 7.25. The van der Waals surface area contributed by atoms with Crippen LogP contribution in [0.1, 0.15) is 0 Å². The third-order valence-electron chi connectivity index (χ3n) is 6.15. The minimum atomic E-state index is 1.18. The van der Waals surface area contributed by atoms with Gasteiger partial charge in [-0.3, -0.25) is 0 Å². The number of para-hydroxylation sites is 2. The smallest absolute Gasteiger partial charge is 0.101 e. The van der Waals surface area contributed by atoms with Crippen LogP contribution in [0.2, 0.25) is 0 Å². The van der Waals surface area contributed by atoms with Crippen LogP contribution in [0, 0.1) is 0 Å². The average molecular weight is 415 g/mol. The van der Waals surface area contributed by atoms with Gasteiger partial charge in [0.1, 0.15) is 5.00 Å². The number of nitrogens with zero attached hydrogens (tertiary/aromatic N) is 2. The molecule has 7 rings (SSSR count). The molecule has 0 saturated heterocycles. The number of fused-ring (bicyclic) bond motifs is 5. The maximum Gasteiger partial charge on any atom is 0.101 e. The van der Waals surface area contributed by atoms with Crippen LogP contribution in [0.5, 0.6) is 0 Å². The van der Waals surface area contributed by atoms with Gasteiger partial charge in [-0.05, 0) is 53.9 Å². The zero-order chi connectivity index (χ0) is 20.4. The molecule has 0 atom stereocenters. The molecular formula is C28H18N2S. The van der Waals surface area contributed by atoms with Gasteiger partial charge in [-0.15, -0.1) is 11.3 Å².